The summed E-state index contributed by atoms with van der Waals surface area (Å²) in [4.78, 5) is 4.30. The lowest BCUT2D eigenvalue weighted by Crippen LogP contribution is -1.89. The van der Waals surface area contributed by atoms with Crippen molar-refractivity contribution in [2.75, 3.05) is 0 Å². The van der Waals surface area contributed by atoms with Crippen molar-refractivity contribution in [2.24, 2.45) is 4.99 Å². The van der Waals surface area contributed by atoms with Gasteiger partial charge in [0.05, 0.1) is 0 Å². The Morgan fingerprint density at radius 3 is 2.92 bits per heavy atom. The first kappa shape index (κ1) is 7.10. The Morgan fingerprint density at radius 1 is 1.25 bits per heavy atom. The molecule has 0 aliphatic carbocycles. The molecule has 2 heterocycles. The maximum absolute atomic E-state index is 4.30. The highest BCUT2D eigenvalue weighted by atomic mass is 15.1. The monoisotopic (exact) mass is 158 g/mol. The van der Waals surface area contributed by atoms with Gasteiger partial charge in [-0.15, -0.1) is 0 Å². The summed E-state index contributed by atoms with van der Waals surface area (Å²) in [6, 6.07) is 3.98. The molecule has 0 amide bonds. The summed E-state index contributed by atoms with van der Waals surface area (Å²) >= 11 is 0. The molecule has 1 aliphatic heterocycles. The van der Waals surface area contributed by atoms with Crippen molar-refractivity contribution in [3.63, 3.8) is 0 Å². The van der Waals surface area contributed by atoms with Gasteiger partial charge in [0.2, 0.25) is 0 Å². The van der Waals surface area contributed by atoms with E-state index in [4.69, 9.17) is 0 Å². The van der Waals surface area contributed by atoms with Crippen LogP contribution in [-0.4, -0.2) is 10.8 Å². The molecule has 0 aromatic carbocycles. The Bertz CT molecular complexity index is 329. The van der Waals surface area contributed by atoms with Gasteiger partial charge in [0, 0.05) is 25.0 Å². The Kier molecular flexibility index (Phi) is 1.90. The zero-order chi connectivity index (χ0) is 8.23. The van der Waals surface area contributed by atoms with Gasteiger partial charge in [-0.05, 0) is 18.2 Å². The number of nitrogens with zero attached hydrogens (tertiary/aromatic N) is 2. The maximum Gasteiger partial charge on any atom is 0.136 e. The van der Waals surface area contributed by atoms with E-state index in [0.29, 0.717) is 0 Å². The Balaban J connectivity index is 2.34. The standard InChI is InChI=1S/C10H10N2/c1-2-6-10(11-7-3-1)12-8-4-5-9-12/h1-2,4-9H,3H2. The molecule has 1 aromatic heterocycles. The highest BCUT2D eigenvalue weighted by Gasteiger charge is 1.94. The first-order chi connectivity index (χ1) is 5.97. The van der Waals surface area contributed by atoms with Crippen LogP contribution in [0.2, 0.25) is 0 Å². The largest absolute Gasteiger partial charge is 0.309 e. The van der Waals surface area contributed by atoms with Crippen LogP contribution in [0, 0.1) is 0 Å². The van der Waals surface area contributed by atoms with E-state index in [1.165, 1.54) is 0 Å². The van der Waals surface area contributed by atoms with Crippen molar-refractivity contribution < 1.29 is 0 Å². The Hall–Kier alpha value is -1.57. The van der Waals surface area contributed by atoms with E-state index in [-0.39, 0.29) is 0 Å². The minimum Gasteiger partial charge on any atom is -0.309 e. The van der Waals surface area contributed by atoms with E-state index >= 15 is 0 Å². The predicted octanol–water partition coefficient (Wildman–Crippen LogP) is 2.32. The molecule has 0 spiro atoms. The van der Waals surface area contributed by atoms with Crippen molar-refractivity contribution in [1.29, 1.82) is 0 Å². The summed E-state index contributed by atoms with van der Waals surface area (Å²) in [6.07, 6.45) is 12.9. The van der Waals surface area contributed by atoms with Crippen LogP contribution in [-0.2, 0) is 0 Å². The van der Waals surface area contributed by atoms with E-state index in [1.54, 1.807) is 0 Å². The summed E-state index contributed by atoms with van der Waals surface area (Å²) in [5, 5.41) is 0. The van der Waals surface area contributed by atoms with Crippen LogP contribution in [0.15, 0.2) is 47.7 Å². The second kappa shape index (κ2) is 3.22. The molecule has 0 saturated carbocycles. The van der Waals surface area contributed by atoms with Crippen molar-refractivity contribution in [1.82, 2.24) is 4.57 Å². The van der Waals surface area contributed by atoms with E-state index in [9.17, 15) is 0 Å². The summed E-state index contributed by atoms with van der Waals surface area (Å²) < 4.78 is 1.99. The smallest absolute Gasteiger partial charge is 0.136 e. The lowest BCUT2D eigenvalue weighted by atomic mass is 10.4. The molecule has 12 heavy (non-hydrogen) atoms. The van der Waals surface area contributed by atoms with Gasteiger partial charge in [-0.3, -0.25) is 0 Å². The molecule has 0 N–H and O–H groups in total. The minimum absolute atomic E-state index is 0.918. The van der Waals surface area contributed by atoms with E-state index in [1.807, 2.05) is 47.5 Å². The molecular formula is C10H10N2. The van der Waals surface area contributed by atoms with Gasteiger partial charge in [-0.25, -0.2) is 4.99 Å². The fraction of sp³-hybridized carbons (Fsp3) is 0.100. The number of hydrogen-bond donors (Lipinski definition) is 0. The zero-order valence-corrected chi connectivity index (χ0v) is 6.72. The Labute approximate surface area is 71.6 Å². The molecule has 0 unspecified atom stereocenters. The first-order valence-electron chi connectivity index (χ1n) is 3.99. The van der Waals surface area contributed by atoms with Crippen LogP contribution in [0.4, 0.5) is 0 Å². The second-order valence-corrected chi connectivity index (χ2v) is 2.59. The van der Waals surface area contributed by atoms with E-state index < -0.39 is 0 Å². The SMILES string of the molecule is C1=CCC=NC(n2cccc2)=C1. The molecule has 2 heteroatoms. The number of allylic oxidation sites excluding steroid dienone is 3. The number of rotatable bonds is 1. The van der Waals surface area contributed by atoms with Gasteiger partial charge in [-0.2, -0.15) is 0 Å². The van der Waals surface area contributed by atoms with Crippen molar-refractivity contribution in [2.45, 2.75) is 6.42 Å². The minimum atomic E-state index is 0.918. The fourth-order valence-electron chi connectivity index (χ4n) is 1.12. The predicted molar refractivity (Wildman–Crippen MR) is 51.0 cm³/mol. The van der Waals surface area contributed by atoms with Crippen LogP contribution < -0.4 is 0 Å². The number of hydrogen-bond acceptors (Lipinski definition) is 1. The summed E-state index contributed by atoms with van der Waals surface area (Å²) in [5.41, 5.74) is 0. The molecule has 2 nitrogen and oxygen atoms in total. The van der Waals surface area contributed by atoms with Crippen molar-refractivity contribution >= 4 is 12.0 Å². The molecule has 2 rings (SSSR count). The zero-order valence-electron chi connectivity index (χ0n) is 6.72. The molecule has 60 valence electrons. The van der Waals surface area contributed by atoms with Gasteiger partial charge in [-0.1, -0.05) is 12.2 Å². The quantitative estimate of drug-likeness (QED) is 0.596. The molecule has 0 bridgehead atoms. The third kappa shape index (κ3) is 1.37. The average Bonchev–Trinajstić information content (AvgIpc) is 2.48. The van der Waals surface area contributed by atoms with Gasteiger partial charge in [0.15, 0.2) is 0 Å². The molecule has 0 fully saturated rings. The topological polar surface area (TPSA) is 17.3 Å². The maximum atomic E-state index is 4.30. The van der Waals surface area contributed by atoms with E-state index in [2.05, 4.69) is 11.1 Å². The molecule has 1 aromatic rings. The molecule has 0 saturated heterocycles. The van der Waals surface area contributed by atoms with E-state index in [0.717, 1.165) is 12.2 Å². The van der Waals surface area contributed by atoms with Crippen LogP contribution >= 0.6 is 0 Å². The normalized spacial score (nSPS) is 15.8. The molecule has 0 atom stereocenters. The van der Waals surface area contributed by atoms with Gasteiger partial charge in [0.25, 0.3) is 0 Å². The summed E-state index contributed by atoms with van der Waals surface area (Å²) in [6.45, 7) is 0. The van der Waals surface area contributed by atoms with Crippen LogP contribution in [0.1, 0.15) is 6.42 Å². The highest BCUT2D eigenvalue weighted by Crippen LogP contribution is 2.08. The molecule has 0 radical (unpaired) electrons. The summed E-state index contributed by atoms with van der Waals surface area (Å²) in [5.74, 6) is 0.966. The second-order valence-electron chi connectivity index (χ2n) is 2.59. The van der Waals surface area contributed by atoms with Crippen molar-refractivity contribution in [3.05, 3.63) is 42.8 Å². The highest BCUT2D eigenvalue weighted by molar-refractivity contribution is 5.69. The third-order valence-electron chi connectivity index (χ3n) is 1.72. The Morgan fingerprint density at radius 2 is 2.08 bits per heavy atom. The first-order valence-corrected chi connectivity index (χ1v) is 3.99. The summed E-state index contributed by atoms with van der Waals surface area (Å²) in [7, 11) is 0. The molecular weight excluding hydrogens is 148 g/mol. The fourth-order valence-corrected chi connectivity index (χ4v) is 1.12. The van der Waals surface area contributed by atoms with Gasteiger partial charge in [0.1, 0.15) is 5.82 Å². The van der Waals surface area contributed by atoms with Crippen molar-refractivity contribution in [3.8, 4) is 0 Å². The third-order valence-corrected chi connectivity index (χ3v) is 1.72. The van der Waals surface area contributed by atoms with Crippen LogP contribution in [0.3, 0.4) is 0 Å². The van der Waals surface area contributed by atoms with Gasteiger partial charge < -0.3 is 4.57 Å². The number of aromatic nitrogens is 1. The van der Waals surface area contributed by atoms with Crippen LogP contribution in [0.25, 0.3) is 5.82 Å². The number of aliphatic imine (C=N–C) groups is 1. The average molecular weight is 158 g/mol. The van der Waals surface area contributed by atoms with Crippen LogP contribution in [0.5, 0.6) is 0 Å². The molecule has 1 aliphatic rings. The lowest BCUT2D eigenvalue weighted by Gasteiger charge is -1.99. The lowest BCUT2D eigenvalue weighted by molar-refractivity contribution is 1.08. The van der Waals surface area contributed by atoms with Gasteiger partial charge >= 0.3 is 0 Å².